The fourth-order valence-corrected chi connectivity index (χ4v) is 2.36. The van der Waals surface area contributed by atoms with E-state index in [-0.39, 0.29) is 0 Å². The Labute approximate surface area is 151 Å². The van der Waals surface area contributed by atoms with Crippen molar-refractivity contribution < 1.29 is 18.8 Å². The summed E-state index contributed by atoms with van der Waals surface area (Å²) in [5, 5.41) is 2.64. The summed E-state index contributed by atoms with van der Waals surface area (Å²) in [4.78, 5) is 16.4. The first-order valence-electron chi connectivity index (χ1n) is 7.83. The molecule has 1 aliphatic rings. The van der Waals surface area contributed by atoms with Gasteiger partial charge in [-0.3, -0.25) is 5.32 Å². The van der Waals surface area contributed by atoms with E-state index >= 15 is 0 Å². The summed E-state index contributed by atoms with van der Waals surface area (Å²) < 4.78 is 17.9. The molecule has 6 nitrogen and oxygen atoms in total. The average molecular weight is 399 g/mol. The van der Waals surface area contributed by atoms with Crippen LogP contribution in [0.1, 0.15) is 48.5 Å². The number of halogens is 1. The SMILES string of the molecule is CC(C)(C)OC(=O)Nc1nc(B2OC(C)(C)C(C)(C)O2)ccc1Br. The summed E-state index contributed by atoms with van der Waals surface area (Å²) in [7, 11) is -0.595. The second kappa shape index (κ2) is 6.31. The summed E-state index contributed by atoms with van der Waals surface area (Å²) in [6, 6.07) is 3.59. The van der Waals surface area contributed by atoms with Gasteiger partial charge < -0.3 is 14.0 Å². The molecule has 0 bridgehead atoms. The minimum absolute atomic E-state index is 0.358. The number of amides is 1. The molecule has 0 aliphatic carbocycles. The topological polar surface area (TPSA) is 69.7 Å². The summed E-state index contributed by atoms with van der Waals surface area (Å²) >= 11 is 3.38. The van der Waals surface area contributed by atoms with Crippen LogP contribution in [-0.2, 0) is 14.0 Å². The number of pyridine rings is 1. The van der Waals surface area contributed by atoms with Crippen molar-refractivity contribution in [1.29, 1.82) is 0 Å². The van der Waals surface area contributed by atoms with Gasteiger partial charge in [-0.25, -0.2) is 9.78 Å². The lowest BCUT2D eigenvalue weighted by Gasteiger charge is -2.32. The predicted molar refractivity (Wildman–Crippen MR) is 97.5 cm³/mol. The smallest absolute Gasteiger partial charge is 0.444 e. The van der Waals surface area contributed by atoms with Crippen molar-refractivity contribution >= 4 is 40.6 Å². The highest BCUT2D eigenvalue weighted by Crippen LogP contribution is 2.36. The van der Waals surface area contributed by atoms with Gasteiger partial charge in [0.2, 0.25) is 0 Å². The Morgan fingerprint density at radius 3 is 2.25 bits per heavy atom. The van der Waals surface area contributed by atoms with Gasteiger partial charge in [0.05, 0.1) is 21.3 Å². The molecule has 24 heavy (non-hydrogen) atoms. The largest absolute Gasteiger partial charge is 0.514 e. The Kier molecular flexibility index (Phi) is 5.05. The molecule has 1 amide bonds. The highest BCUT2D eigenvalue weighted by molar-refractivity contribution is 9.10. The highest BCUT2D eigenvalue weighted by Gasteiger charge is 2.52. The molecule has 1 fully saturated rings. The van der Waals surface area contributed by atoms with E-state index in [9.17, 15) is 4.79 Å². The van der Waals surface area contributed by atoms with Gasteiger partial charge in [-0.15, -0.1) is 0 Å². The van der Waals surface area contributed by atoms with Crippen molar-refractivity contribution in [3.63, 3.8) is 0 Å². The minimum Gasteiger partial charge on any atom is -0.444 e. The van der Waals surface area contributed by atoms with E-state index in [2.05, 4.69) is 26.2 Å². The van der Waals surface area contributed by atoms with E-state index in [1.165, 1.54) is 0 Å². The molecule has 1 aromatic rings. The first-order chi connectivity index (χ1) is 10.8. The molecule has 1 aromatic heterocycles. The molecular formula is C16H24BBrN2O4. The number of nitrogens with one attached hydrogen (secondary N) is 1. The molecule has 0 saturated carbocycles. The summed E-state index contributed by atoms with van der Waals surface area (Å²) in [5.74, 6) is 0.358. The quantitative estimate of drug-likeness (QED) is 0.772. The Balaban J connectivity index is 2.19. The molecule has 0 aromatic carbocycles. The van der Waals surface area contributed by atoms with Crippen LogP contribution in [0.25, 0.3) is 0 Å². The average Bonchev–Trinajstić information content (AvgIpc) is 2.59. The first-order valence-corrected chi connectivity index (χ1v) is 8.62. The number of carbonyl (C=O) groups is 1. The normalized spacial score (nSPS) is 19.2. The maximum Gasteiger partial charge on any atom is 0.514 e. The van der Waals surface area contributed by atoms with Gasteiger partial charge in [0.1, 0.15) is 11.4 Å². The third-order valence-corrected chi connectivity index (χ3v) is 4.62. The number of aromatic nitrogens is 1. The molecule has 0 spiro atoms. The van der Waals surface area contributed by atoms with Gasteiger partial charge in [0.25, 0.3) is 0 Å². The maximum atomic E-state index is 12.0. The van der Waals surface area contributed by atoms with E-state index in [0.717, 1.165) is 0 Å². The standard InChI is InChI=1S/C16H24BBrN2O4/c1-14(2,3)22-13(21)20-12-10(18)8-9-11(19-12)17-23-15(4,5)16(6,7)24-17/h8-9H,1-7H3,(H,19,20,21). The maximum absolute atomic E-state index is 12.0. The molecule has 8 heteroatoms. The van der Waals surface area contributed by atoms with Gasteiger partial charge >= 0.3 is 13.2 Å². The third kappa shape index (κ3) is 4.29. The zero-order valence-corrected chi connectivity index (χ0v) is 16.8. The lowest BCUT2D eigenvalue weighted by atomic mass is 9.84. The Morgan fingerprint density at radius 2 is 1.75 bits per heavy atom. The van der Waals surface area contributed by atoms with Crippen molar-refractivity contribution in [2.75, 3.05) is 5.32 Å². The van der Waals surface area contributed by atoms with Gasteiger partial charge in [-0.2, -0.15) is 0 Å². The fraction of sp³-hybridized carbons (Fsp3) is 0.625. The monoisotopic (exact) mass is 398 g/mol. The van der Waals surface area contributed by atoms with E-state index < -0.39 is 30.0 Å². The van der Waals surface area contributed by atoms with Crippen molar-refractivity contribution in [2.24, 2.45) is 0 Å². The lowest BCUT2D eigenvalue weighted by Crippen LogP contribution is -2.41. The number of hydrogen-bond donors (Lipinski definition) is 1. The molecular weight excluding hydrogens is 375 g/mol. The fourth-order valence-electron chi connectivity index (χ4n) is 2.04. The second-order valence-corrected chi connectivity index (χ2v) is 8.64. The predicted octanol–water partition coefficient (Wildman–Crippen LogP) is 3.49. The number of hydrogen-bond acceptors (Lipinski definition) is 5. The van der Waals surface area contributed by atoms with E-state index in [1.807, 2.05) is 27.7 Å². The Bertz CT molecular complexity index is 627. The molecule has 1 N–H and O–H groups in total. The molecule has 0 unspecified atom stereocenters. The van der Waals surface area contributed by atoms with Crippen molar-refractivity contribution in [1.82, 2.24) is 4.98 Å². The van der Waals surface area contributed by atoms with Crippen LogP contribution in [0, 0.1) is 0 Å². The second-order valence-electron chi connectivity index (χ2n) is 7.78. The zero-order valence-electron chi connectivity index (χ0n) is 15.2. The number of nitrogens with zero attached hydrogens (tertiary/aromatic N) is 1. The number of carbonyl (C=O) groups excluding carboxylic acids is 1. The van der Waals surface area contributed by atoms with Crippen LogP contribution >= 0.6 is 15.9 Å². The lowest BCUT2D eigenvalue weighted by molar-refractivity contribution is 0.00578. The van der Waals surface area contributed by atoms with E-state index in [0.29, 0.717) is 15.9 Å². The molecule has 2 rings (SSSR count). The molecule has 0 atom stereocenters. The van der Waals surface area contributed by atoms with Crippen molar-refractivity contribution in [3.05, 3.63) is 16.6 Å². The van der Waals surface area contributed by atoms with Crippen LogP contribution in [0.5, 0.6) is 0 Å². The summed E-state index contributed by atoms with van der Waals surface area (Å²) in [6.07, 6.45) is -0.568. The van der Waals surface area contributed by atoms with Gasteiger partial charge in [0.15, 0.2) is 0 Å². The van der Waals surface area contributed by atoms with Crippen molar-refractivity contribution in [3.8, 4) is 0 Å². The van der Waals surface area contributed by atoms with Gasteiger partial charge in [0, 0.05) is 0 Å². The van der Waals surface area contributed by atoms with Crippen LogP contribution in [0.15, 0.2) is 16.6 Å². The number of ether oxygens (including phenoxy) is 1. The Hall–Kier alpha value is -1.12. The summed E-state index contributed by atoms with van der Waals surface area (Å²) in [5.41, 5.74) is -0.904. The zero-order chi connectivity index (χ0) is 18.3. The van der Waals surface area contributed by atoms with Crippen LogP contribution in [0.2, 0.25) is 0 Å². The number of rotatable bonds is 2. The van der Waals surface area contributed by atoms with E-state index in [1.54, 1.807) is 32.9 Å². The van der Waals surface area contributed by atoms with Crippen LogP contribution < -0.4 is 10.9 Å². The Morgan fingerprint density at radius 1 is 1.21 bits per heavy atom. The number of anilines is 1. The molecule has 132 valence electrons. The van der Waals surface area contributed by atoms with Gasteiger partial charge in [-0.1, -0.05) is 0 Å². The molecule has 1 saturated heterocycles. The van der Waals surface area contributed by atoms with Crippen molar-refractivity contribution in [2.45, 2.75) is 65.3 Å². The first kappa shape index (κ1) is 19.2. The molecule has 0 radical (unpaired) electrons. The third-order valence-electron chi connectivity index (χ3n) is 3.98. The summed E-state index contributed by atoms with van der Waals surface area (Å²) in [6.45, 7) is 13.3. The minimum atomic E-state index is -0.595. The van der Waals surface area contributed by atoms with E-state index in [4.69, 9.17) is 14.0 Å². The highest BCUT2D eigenvalue weighted by atomic mass is 79.9. The van der Waals surface area contributed by atoms with Crippen LogP contribution in [0.3, 0.4) is 0 Å². The van der Waals surface area contributed by atoms with Crippen LogP contribution in [-0.4, -0.2) is 35.0 Å². The van der Waals surface area contributed by atoms with Gasteiger partial charge in [-0.05, 0) is 76.5 Å². The molecule has 1 aliphatic heterocycles. The molecule has 2 heterocycles. The van der Waals surface area contributed by atoms with Crippen LogP contribution in [0.4, 0.5) is 10.6 Å².